The lowest BCUT2D eigenvalue weighted by atomic mass is 9.94. The first-order valence-electron chi connectivity index (χ1n) is 6.40. The molecule has 3 nitrogen and oxygen atoms in total. The molecule has 1 aromatic heterocycles. The normalized spacial score (nSPS) is 23.8. The molecule has 1 saturated heterocycles. The van der Waals surface area contributed by atoms with Gasteiger partial charge in [-0.25, -0.2) is 4.98 Å². The summed E-state index contributed by atoms with van der Waals surface area (Å²) in [7, 11) is 0. The zero-order valence-electron chi connectivity index (χ0n) is 11.0. The molecular weight excluding hydrogens is 232 g/mol. The molecule has 1 aliphatic heterocycles. The third kappa shape index (κ3) is 3.76. The van der Waals surface area contributed by atoms with Crippen LogP contribution in [0.3, 0.4) is 0 Å². The molecule has 0 aromatic carbocycles. The number of hydrogen-bond donors (Lipinski definition) is 1. The van der Waals surface area contributed by atoms with Crippen LogP contribution in [0.15, 0.2) is 6.20 Å². The van der Waals surface area contributed by atoms with Crippen molar-refractivity contribution in [1.29, 1.82) is 0 Å². The highest BCUT2D eigenvalue weighted by molar-refractivity contribution is 7.11. The second kappa shape index (κ2) is 5.46. The molecule has 1 fully saturated rings. The number of nitrogens with zero attached hydrogens (tertiary/aromatic N) is 1. The van der Waals surface area contributed by atoms with Crippen molar-refractivity contribution in [2.45, 2.75) is 58.2 Å². The Balaban J connectivity index is 1.81. The van der Waals surface area contributed by atoms with Gasteiger partial charge >= 0.3 is 0 Å². The van der Waals surface area contributed by atoms with Gasteiger partial charge in [-0.15, -0.1) is 11.3 Å². The minimum absolute atomic E-state index is 0.0260. The van der Waals surface area contributed by atoms with Gasteiger partial charge in [0.05, 0.1) is 10.6 Å². The molecule has 0 saturated carbocycles. The van der Waals surface area contributed by atoms with E-state index >= 15 is 0 Å². The highest BCUT2D eigenvalue weighted by Crippen LogP contribution is 2.24. The molecule has 1 aliphatic rings. The predicted octanol–water partition coefficient (Wildman–Crippen LogP) is 2.75. The van der Waals surface area contributed by atoms with E-state index in [-0.39, 0.29) is 5.60 Å². The number of rotatable bonds is 4. The van der Waals surface area contributed by atoms with Gasteiger partial charge in [0, 0.05) is 30.3 Å². The van der Waals surface area contributed by atoms with Crippen LogP contribution < -0.4 is 5.32 Å². The van der Waals surface area contributed by atoms with E-state index < -0.39 is 0 Å². The summed E-state index contributed by atoms with van der Waals surface area (Å²) in [6, 6.07) is 0.575. The number of nitrogens with one attached hydrogen (secondary N) is 1. The molecule has 96 valence electrons. The Morgan fingerprint density at radius 3 is 3.06 bits per heavy atom. The first-order valence-corrected chi connectivity index (χ1v) is 7.21. The highest BCUT2D eigenvalue weighted by atomic mass is 32.1. The monoisotopic (exact) mass is 254 g/mol. The minimum Gasteiger partial charge on any atom is -0.375 e. The summed E-state index contributed by atoms with van der Waals surface area (Å²) in [6.45, 7) is 8.30. The van der Waals surface area contributed by atoms with Crippen molar-refractivity contribution in [1.82, 2.24) is 10.3 Å². The fourth-order valence-electron chi connectivity index (χ4n) is 2.24. The molecule has 17 heavy (non-hydrogen) atoms. The maximum atomic E-state index is 5.72. The van der Waals surface area contributed by atoms with E-state index in [1.807, 2.05) is 17.5 Å². The molecule has 0 aliphatic carbocycles. The molecule has 2 heterocycles. The summed E-state index contributed by atoms with van der Waals surface area (Å²) in [5.41, 5.74) is 0.0260. The van der Waals surface area contributed by atoms with Gasteiger partial charge in [-0.3, -0.25) is 0 Å². The van der Waals surface area contributed by atoms with Gasteiger partial charge in [0.1, 0.15) is 0 Å². The van der Waals surface area contributed by atoms with Crippen molar-refractivity contribution in [2.24, 2.45) is 0 Å². The topological polar surface area (TPSA) is 34.2 Å². The largest absolute Gasteiger partial charge is 0.375 e. The smallest absolute Gasteiger partial charge is 0.0925 e. The summed E-state index contributed by atoms with van der Waals surface area (Å²) < 4.78 is 5.72. The molecule has 1 N–H and O–H groups in total. The molecule has 1 unspecified atom stereocenters. The Morgan fingerprint density at radius 2 is 2.41 bits per heavy atom. The number of aromatic nitrogens is 1. The van der Waals surface area contributed by atoms with Crippen LogP contribution in [-0.4, -0.2) is 23.2 Å². The summed E-state index contributed by atoms with van der Waals surface area (Å²) >= 11 is 1.82. The van der Waals surface area contributed by atoms with Crippen LogP contribution >= 0.6 is 11.3 Å². The summed E-state index contributed by atoms with van der Waals surface area (Å²) in [6.07, 6.45) is 5.24. The van der Waals surface area contributed by atoms with Gasteiger partial charge in [-0.1, -0.05) is 6.92 Å². The average Bonchev–Trinajstić information content (AvgIpc) is 2.73. The second-order valence-corrected chi connectivity index (χ2v) is 6.45. The van der Waals surface area contributed by atoms with Crippen molar-refractivity contribution < 1.29 is 4.74 Å². The van der Waals surface area contributed by atoms with Crippen LogP contribution in [0.2, 0.25) is 0 Å². The number of thiazole rings is 1. The first kappa shape index (κ1) is 13.0. The van der Waals surface area contributed by atoms with Crippen molar-refractivity contribution in [3.63, 3.8) is 0 Å². The summed E-state index contributed by atoms with van der Waals surface area (Å²) in [4.78, 5) is 5.72. The lowest BCUT2D eigenvalue weighted by molar-refractivity contribution is -0.0630. The first-order chi connectivity index (χ1) is 8.09. The predicted molar refractivity (Wildman–Crippen MR) is 71.4 cm³/mol. The third-order valence-electron chi connectivity index (χ3n) is 3.17. The van der Waals surface area contributed by atoms with Crippen molar-refractivity contribution in [2.75, 3.05) is 6.61 Å². The van der Waals surface area contributed by atoms with Gasteiger partial charge in [0.2, 0.25) is 0 Å². The molecule has 1 atom stereocenters. The van der Waals surface area contributed by atoms with Gasteiger partial charge in [0.15, 0.2) is 0 Å². The maximum Gasteiger partial charge on any atom is 0.0925 e. The van der Waals surface area contributed by atoms with E-state index in [1.54, 1.807) is 0 Å². The molecular formula is C13H22N2OS. The Morgan fingerprint density at radius 1 is 1.59 bits per heavy atom. The van der Waals surface area contributed by atoms with Gasteiger partial charge in [0.25, 0.3) is 0 Å². The molecule has 0 radical (unpaired) electrons. The molecule has 1 aromatic rings. The standard InChI is InChI=1S/C13H22N2OS/c1-4-12-15-9-11(17-12)8-14-10-5-6-16-13(2,3)7-10/h9-10,14H,4-8H2,1-3H3. The van der Waals surface area contributed by atoms with Crippen LogP contribution in [0.25, 0.3) is 0 Å². The quantitative estimate of drug-likeness (QED) is 0.897. The fourth-order valence-corrected chi connectivity index (χ4v) is 3.06. The van der Waals surface area contributed by atoms with Crippen molar-refractivity contribution in [3.8, 4) is 0 Å². The molecule has 0 bridgehead atoms. The van der Waals surface area contributed by atoms with E-state index in [9.17, 15) is 0 Å². The maximum absolute atomic E-state index is 5.72. The summed E-state index contributed by atoms with van der Waals surface area (Å²) in [5.74, 6) is 0. The van der Waals surface area contributed by atoms with Gasteiger partial charge < -0.3 is 10.1 Å². The molecule has 0 amide bonds. The van der Waals surface area contributed by atoms with Crippen LogP contribution in [0.4, 0.5) is 0 Å². The van der Waals surface area contributed by atoms with E-state index in [1.165, 1.54) is 9.88 Å². The molecule has 2 rings (SSSR count). The molecule has 0 spiro atoms. The van der Waals surface area contributed by atoms with Crippen LogP contribution in [0.5, 0.6) is 0 Å². The Labute approximate surface area is 108 Å². The van der Waals surface area contributed by atoms with E-state index in [0.29, 0.717) is 6.04 Å². The fraction of sp³-hybridized carbons (Fsp3) is 0.769. The minimum atomic E-state index is 0.0260. The highest BCUT2D eigenvalue weighted by Gasteiger charge is 2.28. The van der Waals surface area contributed by atoms with Crippen LogP contribution in [0, 0.1) is 0 Å². The third-order valence-corrected chi connectivity index (χ3v) is 4.31. The van der Waals surface area contributed by atoms with Crippen molar-refractivity contribution >= 4 is 11.3 Å². The zero-order valence-corrected chi connectivity index (χ0v) is 11.8. The van der Waals surface area contributed by atoms with Gasteiger partial charge in [-0.2, -0.15) is 0 Å². The Kier molecular flexibility index (Phi) is 4.17. The Hall–Kier alpha value is -0.450. The van der Waals surface area contributed by atoms with Gasteiger partial charge in [-0.05, 0) is 33.1 Å². The zero-order chi connectivity index (χ0) is 12.3. The summed E-state index contributed by atoms with van der Waals surface area (Å²) in [5, 5.41) is 4.85. The molecule has 4 heteroatoms. The SMILES string of the molecule is CCc1ncc(CNC2CCOC(C)(C)C2)s1. The van der Waals surface area contributed by atoms with Crippen LogP contribution in [-0.2, 0) is 17.7 Å². The average molecular weight is 254 g/mol. The van der Waals surface area contributed by atoms with E-state index in [2.05, 4.69) is 31.1 Å². The number of aryl methyl sites for hydroxylation is 1. The van der Waals surface area contributed by atoms with Crippen LogP contribution in [0.1, 0.15) is 43.5 Å². The second-order valence-electron chi connectivity index (χ2n) is 5.25. The van der Waals surface area contributed by atoms with E-state index in [0.717, 1.165) is 32.4 Å². The van der Waals surface area contributed by atoms with Crippen molar-refractivity contribution in [3.05, 3.63) is 16.1 Å². The van der Waals surface area contributed by atoms with E-state index in [4.69, 9.17) is 4.74 Å². The number of ether oxygens (including phenoxy) is 1. The number of hydrogen-bond acceptors (Lipinski definition) is 4. The lowest BCUT2D eigenvalue weighted by Crippen LogP contribution is -2.43. The Bertz CT molecular complexity index is 362. The lowest BCUT2D eigenvalue weighted by Gasteiger charge is -2.35.